The number of carbonyl (C=O) groups is 1. The number of aliphatic carboxylic acids is 1. The lowest BCUT2D eigenvalue weighted by molar-refractivity contribution is -0.144. The maximum atomic E-state index is 10.7. The fourth-order valence-corrected chi connectivity index (χ4v) is 3.10. The lowest BCUT2D eigenvalue weighted by Gasteiger charge is -2.34. The summed E-state index contributed by atoms with van der Waals surface area (Å²) in [4.78, 5) is 10.7. The Morgan fingerprint density at radius 2 is 2.38 bits per heavy atom. The van der Waals surface area contributed by atoms with Gasteiger partial charge in [0.05, 0.1) is 5.92 Å². The van der Waals surface area contributed by atoms with E-state index in [4.69, 9.17) is 10.8 Å². The summed E-state index contributed by atoms with van der Waals surface area (Å²) in [6.07, 6.45) is 2.88. The second-order valence-corrected chi connectivity index (χ2v) is 5.27. The van der Waals surface area contributed by atoms with Crippen LogP contribution in [0.2, 0.25) is 0 Å². The molecule has 0 amide bonds. The molecule has 3 nitrogen and oxygen atoms in total. The van der Waals surface area contributed by atoms with E-state index in [-0.39, 0.29) is 5.92 Å². The van der Waals surface area contributed by atoms with Crippen molar-refractivity contribution in [3.05, 3.63) is 0 Å². The molecule has 3 unspecified atom stereocenters. The molecule has 0 aromatic rings. The van der Waals surface area contributed by atoms with Gasteiger partial charge in [-0.15, -0.1) is 0 Å². The normalized spacial score (nSPS) is 29.4. The number of carboxylic acids is 1. The molecule has 3 atom stereocenters. The molecule has 0 saturated heterocycles. The van der Waals surface area contributed by atoms with Crippen LogP contribution in [0.15, 0.2) is 0 Å². The fraction of sp³-hybridized carbons (Fsp3) is 0.889. The van der Waals surface area contributed by atoms with Crippen molar-refractivity contribution in [3.63, 3.8) is 0 Å². The number of nitrogens with two attached hydrogens (primary N) is 1. The summed E-state index contributed by atoms with van der Waals surface area (Å²) in [6.45, 7) is 2.81. The summed E-state index contributed by atoms with van der Waals surface area (Å²) in [6, 6.07) is 0. The highest BCUT2D eigenvalue weighted by molar-refractivity contribution is 8.00. The van der Waals surface area contributed by atoms with Crippen molar-refractivity contribution in [1.82, 2.24) is 0 Å². The van der Waals surface area contributed by atoms with Crippen molar-refractivity contribution in [2.24, 2.45) is 11.7 Å². The summed E-state index contributed by atoms with van der Waals surface area (Å²) in [5.41, 5.74) is 5.43. The van der Waals surface area contributed by atoms with Crippen LogP contribution in [0.3, 0.4) is 0 Å². The summed E-state index contributed by atoms with van der Waals surface area (Å²) in [7, 11) is 0. The van der Waals surface area contributed by atoms with Crippen molar-refractivity contribution in [1.29, 1.82) is 0 Å². The quantitative estimate of drug-likeness (QED) is 0.707. The minimum absolute atomic E-state index is 0.106. The summed E-state index contributed by atoms with van der Waals surface area (Å²) in [5, 5.41) is 9.64. The Balaban J connectivity index is 2.25. The third kappa shape index (κ3) is 2.88. The molecular formula is C9H17NO2S. The minimum atomic E-state index is -0.635. The van der Waals surface area contributed by atoms with Crippen LogP contribution >= 0.6 is 11.8 Å². The van der Waals surface area contributed by atoms with Gasteiger partial charge in [0.1, 0.15) is 0 Å². The standard InChI is InChI=1S/C9H17NO2S/c1-6(4-5-10)13-8-3-2-7(8)9(11)12/h6-8H,2-5,10H2,1H3,(H,11,12). The van der Waals surface area contributed by atoms with Crippen LogP contribution in [0.1, 0.15) is 26.2 Å². The molecule has 0 heterocycles. The fourth-order valence-electron chi connectivity index (χ4n) is 1.52. The second kappa shape index (κ2) is 4.86. The molecule has 3 N–H and O–H groups in total. The van der Waals surface area contributed by atoms with Gasteiger partial charge < -0.3 is 10.8 Å². The van der Waals surface area contributed by atoms with Gasteiger partial charge >= 0.3 is 5.97 Å². The molecule has 0 aromatic heterocycles. The number of hydrogen-bond acceptors (Lipinski definition) is 3. The molecule has 13 heavy (non-hydrogen) atoms. The lowest BCUT2D eigenvalue weighted by Crippen LogP contribution is -2.36. The zero-order valence-electron chi connectivity index (χ0n) is 7.90. The number of thioether (sulfide) groups is 1. The monoisotopic (exact) mass is 203 g/mol. The Morgan fingerprint density at radius 1 is 1.69 bits per heavy atom. The zero-order chi connectivity index (χ0) is 9.84. The van der Waals surface area contributed by atoms with Crippen LogP contribution < -0.4 is 5.73 Å². The Kier molecular flexibility index (Phi) is 4.06. The van der Waals surface area contributed by atoms with Gasteiger partial charge in [-0.2, -0.15) is 11.8 Å². The van der Waals surface area contributed by atoms with Crippen molar-refractivity contribution < 1.29 is 9.90 Å². The third-order valence-corrected chi connectivity index (χ3v) is 4.12. The van der Waals surface area contributed by atoms with Gasteiger partial charge in [-0.3, -0.25) is 4.79 Å². The van der Waals surface area contributed by atoms with Gasteiger partial charge in [0.25, 0.3) is 0 Å². The van der Waals surface area contributed by atoms with Crippen LogP contribution in [0.4, 0.5) is 0 Å². The number of hydrogen-bond donors (Lipinski definition) is 2. The molecule has 0 radical (unpaired) electrons. The van der Waals surface area contributed by atoms with E-state index in [1.54, 1.807) is 11.8 Å². The smallest absolute Gasteiger partial charge is 0.307 e. The van der Waals surface area contributed by atoms with E-state index in [0.717, 1.165) is 19.3 Å². The average Bonchev–Trinajstić information content (AvgIpc) is 1.97. The molecule has 0 bridgehead atoms. The SMILES string of the molecule is CC(CCN)SC1CCC1C(=O)O. The highest BCUT2D eigenvalue weighted by Gasteiger charge is 2.37. The van der Waals surface area contributed by atoms with E-state index in [1.165, 1.54) is 0 Å². The topological polar surface area (TPSA) is 63.3 Å². The first-order valence-electron chi connectivity index (χ1n) is 4.73. The van der Waals surface area contributed by atoms with Crippen molar-refractivity contribution in [2.45, 2.75) is 36.7 Å². The summed E-state index contributed by atoms with van der Waals surface area (Å²) >= 11 is 1.79. The number of carboxylic acid groups (broad SMARTS) is 1. The maximum absolute atomic E-state index is 10.7. The Hall–Kier alpha value is -0.220. The first kappa shape index (κ1) is 10.9. The molecule has 1 saturated carbocycles. The molecule has 0 aliphatic heterocycles. The predicted octanol–water partition coefficient (Wildman–Crippen LogP) is 1.32. The van der Waals surface area contributed by atoms with Crippen LogP contribution in [0.25, 0.3) is 0 Å². The van der Waals surface area contributed by atoms with Gasteiger partial charge in [0.15, 0.2) is 0 Å². The van der Waals surface area contributed by atoms with E-state index in [9.17, 15) is 4.79 Å². The molecule has 1 aliphatic carbocycles. The second-order valence-electron chi connectivity index (χ2n) is 3.58. The van der Waals surface area contributed by atoms with E-state index in [1.807, 2.05) is 0 Å². The van der Waals surface area contributed by atoms with Gasteiger partial charge in [-0.05, 0) is 25.8 Å². The highest BCUT2D eigenvalue weighted by Crippen LogP contribution is 2.40. The molecule has 4 heteroatoms. The van der Waals surface area contributed by atoms with Crippen LogP contribution in [-0.4, -0.2) is 28.1 Å². The number of rotatable bonds is 5. The van der Waals surface area contributed by atoms with Gasteiger partial charge in [0, 0.05) is 10.5 Å². The largest absolute Gasteiger partial charge is 0.481 e. The summed E-state index contributed by atoms with van der Waals surface area (Å²) < 4.78 is 0. The summed E-state index contributed by atoms with van der Waals surface area (Å²) in [5.74, 6) is -0.742. The molecule has 76 valence electrons. The van der Waals surface area contributed by atoms with Crippen molar-refractivity contribution in [2.75, 3.05) is 6.54 Å². The van der Waals surface area contributed by atoms with E-state index in [0.29, 0.717) is 17.0 Å². The Labute approximate surface area is 83.1 Å². The molecular weight excluding hydrogens is 186 g/mol. The molecule has 1 rings (SSSR count). The van der Waals surface area contributed by atoms with Gasteiger partial charge in [-0.1, -0.05) is 6.92 Å². The first-order valence-corrected chi connectivity index (χ1v) is 5.67. The highest BCUT2D eigenvalue weighted by atomic mass is 32.2. The molecule has 1 fully saturated rings. The van der Waals surface area contributed by atoms with Crippen LogP contribution in [0, 0.1) is 5.92 Å². The Bertz CT molecular complexity index is 186. The van der Waals surface area contributed by atoms with Gasteiger partial charge in [0.2, 0.25) is 0 Å². The third-order valence-electron chi connectivity index (χ3n) is 2.51. The van der Waals surface area contributed by atoms with E-state index < -0.39 is 5.97 Å². The molecule has 0 aromatic carbocycles. The predicted molar refractivity (Wildman–Crippen MR) is 54.9 cm³/mol. The lowest BCUT2D eigenvalue weighted by atomic mass is 9.85. The van der Waals surface area contributed by atoms with E-state index in [2.05, 4.69) is 6.92 Å². The maximum Gasteiger partial charge on any atom is 0.307 e. The van der Waals surface area contributed by atoms with E-state index >= 15 is 0 Å². The minimum Gasteiger partial charge on any atom is -0.481 e. The van der Waals surface area contributed by atoms with Crippen LogP contribution in [0.5, 0.6) is 0 Å². The van der Waals surface area contributed by atoms with Crippen LogP contribution in [-0.2, 0) is 4.79 Å². The van der Waals surface area contributed by atoms with Crippen molar-refractivity contribution in [3.8, 4) is 0 Å². The molecule has 1 aliphatic rings. The van der Waals surface area contributed by atoms with Gasteiger partial charge in [-0.25, -0.2) is 0 Å². The van der Waals surface area contributed by atoms with Crippen molar-refractivity contribution >= 4 is 17.7 Å². The zero-order valence-corrected chi connectivity index (χ0v) is 8.72. The average molecular weight is 203 g/mol. The first-order chi connectivity index (χ1) is 6.15. The Morgan fingerprint density at radius 3 is 2.77 bits per heavy atom. The molecule has 0 spiro atoms.